The quantitative estimate of drug-likeness (QED) is 0.712. The number of hydrogen-bond acceptors (Lipinski definition) is 3. The van der Waals surface area contributed by atoms with E-state index in [0.717, 1.165) is 43.3 Å². The van der Waals surface area contributed by atoms with E-state index >= 15 is 0 Å². The van der Waals surface area contributed by atoms with Crippen LogP contribution in [-0.2, 0) is 0 Å². The zero-order valence-corrected chi connectivity index (χ0v) is 10.0. The highest BCUT2D eigenvalue weighted by molar-refractivity contribution is 5.81. The Balaban J connectivity index is 1.54. The first kappa shape index (κ1) is 10.2. The SMILES string of the molecule is CN1CCN=C1NCC1CC2C=CC1CC2. The lowest BCUT2D eigenvalue weighted by Crippen LogP contribution is -2.41. The van der Waals surface area contributed by atoms with E-state index in [2.05, 4.69) is 34.4 Å². The summed E-state index contributed by atoms with van der Waals surface area (Å²) >= 11 is 0. The molecule has 3 atom stereocenters. The van der Waals surface area contributed by atoms with E-state index in [1.165, 1.54) is 19.3 Å². The second-order valence-corrected chi connectivity index (χ2v) is 5.39. The number of hydrogen-bond donors (Lipinski definition) is 1. The van der Waals surface area contributed by atoms with Gasteiger partial charge in [0.05, 0.1) is 6.54 Å². The van der Waals surface area contributed by atoms with Crippen LogP contribution in [0.15, 0.2) is 17.1 Å². The molecule has 3 unspecified atom stereocenters. The van der Waals surface area contributed by atoms with Crippen molar-refractivity contribution < 1.29 is 0 Å². The average Bonchev–Trinajstić information content (AvgIpc) is 2.74. The fourth-order valence-corrected chi connectivity index (χ4v) is 3.23. The van der Waals surface area contributed by atoms with Gasteiger partial charge < -0.3 is 10.2 Å². The zero-order chi connectivity index (χ0) is 11.0. The fraction of sp³-hybridized carbons (Fsp3) is 0.769. The highest BCUT2D eigenvalue weighted by Crippen LogP contribution is 2.39. The van der Waals surface area contributed by atoms with Crippen LogP contribution in [0.25, 0.3) is 0 Å². The number of guanidine groups is 1. The molecule has 0 amide bonds. The monoisotopic (exact) mass is 219 g/mol. The Morgan fingerprint density at radius 3 is 2.94 bits per heavy atom. The molecular weight excluding hydrogens is 198 g/mol. The van der Waals surface area contributed by atoms with Crippen LogP contribution in [0.2, 0.25) is 0 Å². The molecule has 0 spiro atoms. The molecule has 0 saturated heterocycles. The summed E-state index contributed by atoms with van der Waals surface area (Å²) in [5.74, 6) is 3.62. The summed E-state index contributed by atoms with van der Waals surface area (Å²) in [7, 11) is 2.12. The second-order valence-electron chi connectivity index (χ2n) is 5.39. The lowest BCUT2D eigenvalue weighted by Gasteiger charge is -2.38. The molecule has 88 valence electrons. The molecule has 1 saturated carbocycles. The number of aliphatic imine (C=N–C) groups is 1. The number of allylic oxidation sites excluding steroid dienone is 2. The first-order valence-electron chi connectivity index (χ1n) is 6.51. The molecule has 2 bridgehead atoms. The maximum atomic E-state index is 4.48. The molecule has 3 heteroatoms. The molecule has 0 aromatic rings. The normalized spacial score (nSPS) is 36.7. The van der Waals surface area contributed by atoms with Gasteiger partial charge in [-0.15, -0.1) is 0 Å². The number of rotatable bonds is 2. The summed E-state index contributed by atoms with van der Waals surface area (Å²) < 4.78 is 0. The maximum Gasteiger partial charge on any atom is 0.193 e. The van der Waals surface area contributed by atoms with Crippen LogP contribution in [0.1, 0.15) is 19.3 Å². The molecule has 1 fully saturated rings. The van der Waals surface area contributed by atoms with Gasteiger partial charge in [-0.05, 0) is 37.0 Å². The predicted octanol–water partition coefficient (Wildman–Crippen LogP) is 1.48. The van der Waals surface area contributed by atoms with E-state index < -0.39 is 0 Å². The van der Waals surface area contributed by atoms with E-state index in [9.17, 15) is 0 Å². The lowest BCUT2D eigenvalue weighted by molar-refractivity contribution is 0.220. The minimum atomic E-state index is 0.824. The number of nitrogens with zero attached hydrogens (tertiary/aromatic N) is 2. The lowest BCUT2D eigenvalue weighted by atomic mass is 9.69. The average molecular weight is 219 g/mol. The van der Waals surface area contributed by atoms with Gasteiger partial charge >= 0.3 is 0 Å². The third kappa shape index (κ3) is 1.83. The third-order valence-corrected chi connectivity index (χ3v) is 4.29. The Hall–Kier alpha value is -0.990. The van der Waals surface area contributed by atoms with Gasteiger partial charge in [0.1, 0.15) is 0 Å². The van der Waals surface area contributed by atoms with Crippen molar-refractivity contribution >= 4 is 5.96 Å². The molecule has 4 rings (SSSR count). The van der Waals surface area contributed by atoms with E-state index in [0.29, 0.717) is 0 Å². The van der Waals surface area contributed by atoms with E-state index in [4.69, 9.17) is 0 Å². The first-order chi connectivity index (χ1) is 7.83. The Bertz CT molecular complexity index is 321. The smallest absolute Gasteiger partial charge is 0.193 e. The van der Waals surface area contributed by atoms with Gasteiger partial charge in [0.2, 0.25) is 0 Å². The van der Waals surface area contributed by atoms with Gasteiger partial charge in [0, 0.05) is 20.1 Å². The summed E-state index contributed by atoms with van der Waals surface area (Å²) in [6, 6.07) is 0. The summed E-state index contributed by atoms with van der Waals surface area (Å²) in [5, 5.41) is 3.53. The molecule has 0 aromatic heterocycles. The van der Waals surface area contributed by atoms with Crippen molar-refractivity contribution in [3.05, 3.63) is 12.2 Å². The predicted molar refractivity (Wildman–Crippen MR) is 66.4 cm³/mol. The highest BCUT2D eigenvalue weighted by Gasteiger charge is 2.31. The molecule has 4 aliphatic rings. The standard InChI is InChI=1S/C13H21N3/c1-16-7-6-14-13(16)15-9-12-8-10-2-4-11(12)5-3-10/h2,4,10-12H,3,5-9H2,1H3,(H,14,15). The molecule has 0 radical (unpaired) electrons. The van der Waals surface area contributed by atoms with Gasteiger partial charge in [-0.2, -0.15) is 0 Å². The number of fused-ring (bicyclic) bond motifs is 2. The van der Waals surface area contributed by atoms with Crippen molar-refractivity contribution in [2.75, 3.05) is 26.7 Å². The summed E-state index contributed by atoms with van der Waals surface area (Å²) in [6.45, 7) is 3.13. The van der Waals surface area contributed by atoms with Crippen molar-refractivity contribution in [3.8, 4) is 0 Å². The van der Waals surface area contributed by atoms with Crippen LogP contribution in [0.5, 0.6) is 0 Å². The van der Waals surface area contributed by atoms with Crippen LogP contribution in [0.4, 0.5) is 0 Å². The van der Waals surface area contributed by atoms with Gasteiger partial charge in [0.25, 0.3) is 0 Å². The maximum absolute atomic E-state index is 4.48. The Kier molecular flexibility index (Phi) is 2.62. The Labute approximate surface area is 97.6 Å². The largest absolute Gasteiger partial charge is 0.356 e. The van der Waals surface area contributed by atoms with Crippen molar-refractivity contribution in [1.82, 2.24) is 10.2 Å². The topological polar surface area (TPSA) is 27.6 Å². The van der Waals surface area contributed by atoms with Crippen molar-refractivity contribution in [2.24, 2.45) is 22.7 Å². The van der Waals surface area contributed by atoms with E-state index in [1.807, 2.05) is 0 Å². The van der Waals surface area contributed by atoms with Crippen LogP contribution in [-0.4, -0.2) is 37.5 Å². The third-order valence-electron chi connectivity index (χ3n) is 4.29. The van der Waals surface area contributed by atoms with Crippen LogP contribution >= 0.6 is 0 Å². The second kappa shape index (κ2) is 4.11. The molecule has 1 heterocycles. The number of likely N-dealkylation sites (N-methyl/N-ethyl adjacent to an activating group) is 1. The summed E-state index contributed by atoms with van der Waals surface area (Å²) in [5.41, 5.74) is 0. The highest BCUT2D eigenvalue weighted by atomic mass is 15.3. The molecule has 1 N–H and O–H groups in total. The molecule has 0 aromatic carbocycles. The van der Waals surface area contributed by atoms with E-state index in [-0.39, 0.29) is 0 Å². The van der Waals surface area contributed by atoms with E-state index in [1.54, 1.807) is 0 Å². The van der Waals surface area contributed by atoms with Gasteiger partial charge in [-0.1, -0.05) is 12.2 Å². The fourth-order valence-electron chi connectivity index (χ4n) is 3.23. The first-order valence-corrected chi connectivity index (χ1v) is 6.51. The van der Waals surface area contributed by atoms with Crippen LogP contribution < -0.4 is 5.32 Å². The van der Waals surface area contributed by atoms with Crippen LogP contribution in [0, 0.1) is 17.8 Å². The summed E-state index contributed by atoms with van der Waals surface area (Å²) in [6.07, 6.45) is 9.08. The Morgan fingerprint density at radius 1 is 1.44 bits per heavy atom. The Morgan fingerprint density at radius 2 is 2.38 bits per heavy atom. The van der Waals surface area contributed by atoms with Crippen LogP contribution in [0.3, 0.4) is 0 Å². The molecular formula is C13H21N3. The van der Waals surface area contributed by atoms with Crippen molar-refractivity contribution in [1.29, 1.82) is 0 Å². The van der Waals surface area contributed by atoms with Crippen molar-refractivity contribution in [3.63, 3.8) is 0 Å². The van der Waals surface area contributed by atoms with Gasteiger partial charge in [0.15, 0.2) is 5.96 Å². The minimum Gasteiger partial charge on any atom is -0.356 e. The molecule has 3 aliphatic carbocycles. The summed E-state index contributed by atoms with van der Waals surface area (Å²) in [4.78, 5) is 6.70. The van der Waals surface area contributed by atoms with Gasteiger partial charge in [-0.25, -0.2) is 0 Å². The molecule has 3 nitrogen and oxygen atoms in total. The zero-order valence-electron chi connectivity index (χ0n) is 10.0. The number of nitrogens with one attached hydrogen (secondary N) is 1. The molecule has 16 heavy (non-hydrogen) atoms. The van der Waals surface area contributed by atoms with Gasteiger partial charge in [-0.3, -0.25) is 4.99 Å². The minimum absolute atomic E-state index is 0.824. The molecule has 1 aliphatic heterocycles. The van der Waals surface area contributed by atoms with Crippen molar-refractivity contribution in [2.45, 2.75) is 19.3 Å².